The molecular weight excluding hydrogens is 230 g/mol. The molecule has 0 rings (SSSR count). The van der Waals surface area contributed by atoms with E-state index in [2.05, 4.69) is 0 Å². The lowest BCUT2D eigenvalue weighted by Gasteiger charge is -2.27. The van der Waals surface area contributed by atoms with E-state index in [4.69, 9.17) is 25.1 Å². The lowest BCUT2D eigenvalue weighted by Crippen LogP contribution is -2.43. The van der Waals surface area contributed by atoms with Crippen LogP contribution in [-0.2, 0) is 14.6 Å². The number of aliphatic hydroxyl groups excluding tert-OH is 2. The maximum atomic E-state index is 10.6. The molecule has 1 unspecified atom stereocenters. The molecule has 0 radical (unpaired) electrons. The van der Waals surface area contributed by atoms with Gasteiger partial charge in [0.05, 0.1) is 34.2 Å². The predicted molar refractivity (Wildman–Crippen MR) is 59.1 cm³/mol. The molecule has 2 atom stereocenters. The van der Waals surface area contributed by atoms with Crippen LogP contribution in [0.3, 0.4) is 0 Å². The van der Waals surface area contributed by atoms with Gasteiger partial charge >= 0.3 is 5.97 Å². The molecule has 0 saturated carbocycles. The highest BCUT2D eigenvalue weighted by atomic mass is 17.2. The van der Waals surface area contributed by atoms with Gasteiger partial charge in [-0.05, 0) is 0 Å². The van der Waals surface area contributed by atoms with Gasteiger partial charge in [-0.15, -0.1) is 0 Å². The van der Waals surface area contributed by atoms with E-state index in [-0.39, 0.29) is 13.0 Å². The van der Waals surface area contributed by atoms with E-state index in [1.807, 2.05) is 21.1 Å². The Balaban J connectivity index is 4.06. The van der Waals surface area contributed by atoms with Crippen molar-refractivity contribution in [3.8, 4) is 0 Å². The predicted octanol–water partition coefficient (Wildman–Crippen LogP) is -1.16. The zero-order valence-corrected chi connectivity index (χ0v) is 10.5. The van der Waals surface area contributed by atoms with Crippen LogP contribution in [0.4, 0.5) is 0 Å². The van der Waals surface area contributed by atoms with Gasteiger partial charge in [-0.1, -0.05) is 0 Å². The average Bonchev–Trinajstić information content (AvgIpc) is 2.13. The number of aliphatic carboxylic acids is 1. The molecule has 0 aromatic rings. The Morgan fingerprint density at radius 3 is 2.35 bits per heavy atom. The molecule has 0 saturated heterocycles. The summed E-state index contributed by atoms with van der Waals surface area (Å²) in [5.41, 5.74) is 0. The summed E-state index contributed by atoms with van der Waals surface area (Å²) in [6.07, 6.45) is -1.80. The molecule has 0 heterocycles. The minimum Gasteiger partial charge on any atom is -0.481 e. The molecular formula is C10H22NO6+. The van der Waals surface area contributed by atoms with Crippen LogP contribution in [0, 0.1) is 0 Å². The summed E-state index contributed by atoms with van der Waals surface area (Å²) >= 11 is 0. The Kier molecular flexibility index (Phi) is 7.24. The summed E-state index contributed by atoms with van der Waals surface area (Å²) in [6, 6.07) is 0. The quantitative estimate of drug-likeness (QED) is 0.272. The van der Waals surface area contributed by atoms with Crippen LogP contribution in [0.25, 0.3) is 0 Å². The van der Waals surface area contributed by atoms with E-state index in [9.17, 15) is 4.79 Å². The van der Waals surface area contributed by atoms with Gasteiger partial charge in [0.15, 0.2) is 6.10 Å². The summed E-state index contributed by atoms with van der Waals surface area (Å²) in [7, 11) is 5.71. The molecule has 0 aliphatic carbocycles. The molecule has 0 aliphatic heterocycles. The molecule has 3 N–H and O–H groups in total. The third kappa shape index (κ3) is 10.2. The third-order valence-corrected chi connectivity index (χ3v) is 1.83. The van der Waals surface area contributed by atoms with E-state index in [0.717, 1.165) is 0 Å². The highest BCUT2D eigenvalue weighted by Crippen LogP contribution is 2.05. The average molecular weight is 252 g/mol. The van der Waals surface area contributed by atoms with E-state index < -0.39 is 24.8 Å². The molecule has 7 nitrogen and oxygen atoms in total. The van der Waals surface area contributed by atoms with Gasteiger partial charge in [0.1, 0.15) is 19.3 Å². The van der Waals surface area contributed by atoms with E-state index in [1.54, 1.807) is 0 Å². The summed E-state index contributed by atoms with van der Waals surface area (Å²) in [5.74, 6) is -0.977. The normalized spacial score (nSPS) is 15.6. The van der Waals surface area contributed by atoms with Crippen molar-refractivity contribution in [2.45, 2.75) is 18.6 Å². The first kappa shape index (κ1) is 16.3. The van der Waals surface area contributed by atoms with E-state index >= 15 is 0 Å². The number of carboxylic acid groups (broad SMARTS) is 1. The first-order chi connectivity index (χ1) is 7.74. The van der Waals surface area contributed by atoms with Crippen LogP contribution in [0.5, 0.6) is 0 Å². The second-order valence-corrected chi connectivity index (χ2v) is 4.91. The monoisotopic (exact) mass is 252 g/mol. The van der Waals surface area contributed by atoms with Crippen LogP contribution in [0.15, 0.2) is 0 Å². The van der Waals surface area contributed by atoms with Crippen molar-refractivity contribution in [1.82, 2.24) is 0 Å². The van der Waals surface area contributed by atoms with Crippen molar-refractivity contribution in [2.24, 2.45) is 0 Å². The molecule has 0 aromatic carbocycles. The molecule has 0 bridgehead atoms. The second-order valence-electron chi connectivity index (χ2n) is 4.91. The Labute approximate surface area is 101 Å². The Morgan fingerprint density at radius 1 is 1.35 bits per heavy atom. The maximum absolute atomic E-state index is 10.6. The van der Waals surface area contributed by atoms with E-state index in [1.165, 1.54) is 0 Å². The number of rotatable bonds is 9. The van der Waals surface area contributed by atoms with E-state index in [0.29, 0.717) is 11.0 Å². The molecule has 0 spiro atoms. The zero-order chi connectivity index (χ0) is 13.5. The molecule has 102 valence electrons. The SMILES string of the molecule is C[N+](C)(C)C[C@@H](CC(=O)O)OOCC(O)CO. The summed E-state index contributed by atoms with van der Waals surface area (Å²) < 4.78 is 0.532. The number of carbonyl (C=O) groups is 1. The molecule has 17 heavy (non-hydrogen) atoms. The molecule has 7 heteroatoms. The first-order valence-corrected chi connectivity index (χ1v) is 5.34. The number of hydrogen-bond acceptors (Lipinski definition) is 5. The molecule has 0 amide bonds. The van der Waals surface area contributed by atoms with Crippen LogP contribution >= 0.6 is 0 Å². The number of hydrogen-bond donors (Lipinski definition) is 3. The van der Waals surface area contributed by atoms with Crippen molar-refractivity contribution in [3.05, 3.63) is 0 Å². The number of aliphatic hydroxyl groups is 2. The third-order valence-electron chi connectivity index (χ3n) is 1.83. The van der Waals surface area contributed by atoms with Gasteiger partial charge in [-0.2, -0.15) is 0 Å². The highest BCUT2D eigenvalue weighted by Gasteiger charge is 2.23. The Hall–Kier alpha value is -0.730. The Bertz CT molecular complexity index is 227. The number of quaternary nitrogens is 1. The summed E-state index contributed by atoms with van der Waals surface area (Å²) in [4.78, 5) is 20.3. The van der Waals surface area contributed by atoms with Crippen molar-refractivity contribution < 1.29 is 34.4 Å². The lowest BCUT2D eigenvalue weighted by atomic mass is 10.2. The standard InChI is InChI=1S/C10H21NO6/c1-11(2,3)5-9(4-10(14)15)17-16-7-8(13)6-12/h8-9,12-13H,4-7H2,1-3H3/p+1/t8?,9-/m1/s1. The fourth-order valence-electron chi connectivity index (χ4n) is 1.20. The summed E-state index contributed by atoms with van der Waals surface area (Å²) in [5, 5.41) is 26.3. The first-order valence-electron chi connectivity index (χ1n) is 5.34. The van der Waals surface area contributed by atoms with Gasteiger partial charge in [0.2, 0.25) is 0 Å². The molecule has 0 aromatic heterocycles. The smallest absolute Gasteiger partial charge is 0.306 e. The number of likely N-dealkylation sites (N-methyl/N-ethyl adjacent to an activating group) is 1. The zero-order valence-electron chi connectivity index (χ0n) is 10.5. The second kappa shape index (κ2) is 7.57. The fourth-order valence-corrected chi connectivity index (χ4v) is 1.20. The van der Waals surface area contributed by atoms with Crippen molar-refractivity contribution in [2.75, 3.05) is 40.9 Å². The van der Waals surface area contributed by atoms with Gasteiger partial charge < -0.3 is 19.8 Å². The van der Waals surface area contributed by atoms with Crippen molar-refractivity contribution in [3.63, 3.8) is 0 Å². The van der Waals surface area contributed by atoms with Gasteiger partial charge in [0.25, 0.3) is 0 Å². The Morgan fingerprint density at radius 2 is 1.94 bits per heavy atom. The van der Waals surface area contributed by atoms with Crippen LogP contribution in [0.1, 0.15) is 6.42 Å². The highest BCUT2D eigenvalue weighted by molar-refractivity contribution is 5.67. The van der Waals surface area contributed by atoms with Crippen LogP contribution in [-0.4, -0.2) is 78.9 Å². The minimum atomic E-state index is -1.02. The minimum absolute atomic E-state index is 0.176. The van der Waals surface area contributed by atoms with Crippen LogP contribution in [0.2, 0.25) is 0 Å². The van der Waals surface area contributed by atoms with Crippen molar-refractivity contribution >= 4 is 5.97 Å². The fraction of sp³-hybridized carbons (Fsp3) is 0.900. The van der Waals surface area contributed by atoms with Gasteiger partial charge in [-0.3, -0.25) is 4.79 Å². The summed E-state index contributed by atoms with van der Waals surface area (Å²) in [6.45, 7) is -0.159. The van der Waals surface area contributed by atoms with Crippen molar-refractivity contribution in [1.29, 1.82) is 0 Å². The topological polar surface area (TPSA) is 96.2 Å². The van der Waals surface area contributed by atoms with Gasteiger partial charge in [-0.25, -0.2) is 9.78 Å². The largest absolute Gasteiger partial charge is 0.481 e. The maximum Gasteiger partial charge on any atom is 0.306 e. The number of carboxylic acids is 1. The van der Waals surface area contributed by atoms with Crippen LogP contribution < -0.4 is 0 Å². The molecule has 0 aliphatic rings. The molecule has 0 fully saturated rings. The lowest BCUT2D eigenvalue weighted by molar-refractivity contribution is -0.875. The van der Waals surface area contributed by atoms with Gasteiger partial charge in [0, 0.05) is 0 Å². The number of nitrogens with zero attached hydrogens (tertiary/aromatic N) is 1.